The van der Waals surface area contributed by atoms with Gasteiger partial charge in [-0.1, -0.05) is 0 Å². The number of aromatic hydroxyl groups is 1. The topological polar surface area (TPSA) is 60.9 Å². The second-order valence-corrected chi connectivity index (χ2v) is 6.34. The van der Waals surface area contributed by atoms with Crippen molar-refractivity contribution < 1.29 is 19.1 Å². The van der Waals surface area contributed by atoms with Crippen LogP contribution in [0.4, 0.5) is 4.39 Å². The van der Waals surface area contributed by atoms with E-state index in [1.54, 1.807) is 4.90 Å². The highest BCUT2D eigenvalue weighted by Gasteiger charge is 2.29. The van der Waals surface area contributed by atoms with Gasteiger partial charge in [0.2, 0.25) is 5.91 Å². The molecule has 1 saturated carbocycles. The number of benzene rings is 1. The molecule has 1 saturated heterocycles. The Bertz CT molecular complexity index is 616. The molecule has 1 aliphatic carbocycles. The van der Waals surface area contributed by atoms with Gasteiger partial charge in [-0.2, -0.15) is 0 Å². The fraction of sp³-hybridized carbons (Fsp3) is 0.529. The molecule has 0 radical (unpaired) electrons. The third-order valence-electron chi connectivity index (χ3n) is 4.48. The van der Waals surface area contributed by atoms with Gasteiger partial charge in [0.25, 0.3) is 5.91 Å². The van der Waals surface area contributed by atoms with Gasteiger partial charge >= 0.3 is 0 Å². The average molecular weight is 320 g/mol. The standard InChI is InChI=1S/C17H21FN2O3/c18-15-11-13(21)4-5-14(15)17(23)20-7-1-6-19(8-9-20)16(22)10-12-2-3-12/h4-5,11-12,21H,1-3,6-10H2. The molecule has 6 heteroatoms. The molecular weight excluding hydrogens is 299 g/mol. The van der Waals surface area contributed by atoms with Gasteiger partial charge in [0.05, 0.1) is 5.56 Å². The quantitative estimate of drug-likeness (QED) is 0.927. The van der Waals surface area contributed by atoms with Gasteiger partial charge in [0.1, 0.15) is 11.6 Å². The lowest BCUT2D eigenvalue weighted by molar-refractivity contribution is -0.131. The average Bonchev–Trinajstić information content (AvgIpc) is 3.32. The normalized spacial score (nSPS) is 18.7. The highest BCUT2D eigenvalue weighted by molar-refractivity contribution is 5.94. The van der Waals surface area contributed by atoms with Gasteiger partial charge in [-0.3, -0.25) is 9.59 Å². The molecule has 1 aromatic carbocycles. The first kappa shape index (κ1) is 15.8. The number of rotatable bonds is 3. The summed E-state index contributed by atoms with van der Waals surface area (Å²) in [6.45, 7) is 2.06. The SMILES string of the molecule is O=C(CC1CC1)N1CCCN(C(=O)c2ccc(O)cc2F)CC1. The van der Waals surface area contributed by atoms with Crippen LogP contribution >= 0.6 is 0 Å². The summed E-state index contributed by atoms with van der Waals surface area (Å²) < 4.78 is 13.8. The van der Waals surface area contributed by atoms with Crippen molar-refractivity contribution in [2.75, 3.05) is 26.2 Å². The third kappa shape index (κ3) is 3.81. The summed E-state index contributed by atoms with van der Waals surface area (Å²) in [6.07, 6.45) is 3.59. The minimum Gasteiger partial charge on any atom is -0.508 e. The van der Waals surface area contributed by atoms with Crippen LogP contribution in [0.1, 0.15) is 36.0 Å². The lowest BCUT2D eigenvalue weighted by Gasteiger charge is -2.22. The monoisotopic (exact) mass is 320 g/mol. The van der Waals surface area contributed by atoms with Crippen LogP contribution in [0.15, 0.2) is 18.2 Å². The van der Waals surface area contributed by atoms with Crippen molar-refractivity contribution in [3.63, 3.8) is 0 Å². The predicted octanol–water partition coefficient (Wildman–Crippen LogP) is 2.01. The molecule has 124 valence electrons. The van der Waals surface area contributed by atoms with Crippen LogP contribution in [0.25, 0.3) is 0 Å². The summed E-state index contributed by atoms with van der Waals surface area (Å²) in [7, 11) is 0. The summed E-state index contributed by atoms with van der Waals surface area (Å²) >= 11 is 0. The van der Waals surface area contributed by atoms with Crippen molar-refractivity contribution in [1.29, 1.82) is 0 Å². The van der Waals surface area contributed by atoms with E-state index < -0.39 is 5.82 Å². The van der Waals surface area contributed by atoms with Crippen LogP contribution < -0.4 is 0 Å². The summed E-state index contributed by atoms with van der Waals surface area (Å²) in [5.74, 6) is -0.598. The van der Waals surface area contributed by atoms with Crippen LogP contribution in [-0.4, -0.2) is 52.9 Å². The van der Waals surface area contributed by atoms with Crippen LogP contribution in [0, 0.1) is 11.7 Å². The number of amides is 2. The van der Waals surface area contributed by atoms with Crippen molar-refractivity contribution in [2.24, 2.45) is 5.92 Å². The van der Waals surface area contributed by atoms with Gasteiger partial charge in [0.15, 0.2) is 0 Å². The summed E-state index contributed by atoms with van der Waals surface area (Å²) in [4.78, 5) is 28.0. The maximum atomic E-state index is 13.8. The van der Waals surface area contributed by atoms with E-state index in [0.717, 1.165) is 18.9 Å². The zero-order chi connectivity index (χ0) is 16.4. The van der Waals surface area contributed by atoms with Gasteiger partial charge < -0.3 is 14.9 Å². The van der Waals surface area contributed by atoms with Gasteiger partial charge in [0, 0.05) is 38.7 Å². The summed E-state index contributed by atoms with van der Waals surface area (Å²) in [5.41, 5.74) is -0.0412. The largest absolute Gasteiger partial charge is 0.508 e. The number of hydrogen-bond acceptors (Lipinski definition) is 3. The molecule has 0 atom stereocenters. The number of carbonyl (C=O) groups is 2. The maximum Gasteiger partial charge on any atom is 0.256 e. The number of carbonyl (C=O) groups excluding carboxylic acids is 2. The maximum absolute atomic E-state index is 13.8. The van der Waals surface area contributed by atoms with E-state index in [0.29, 0.717) is 44.9 Å². The van der Waals surface area contributed by atoms with E-state index in [9.17, 15) is 19.1 Å². The molecule has 3 rings (SSSR count). The Balaban J connectivity index is 1.62. The smallest absolute Gasteiger partial charge is 0.256 e. The number of phenols is 1. The van der Waals surface area contributed by atoms with E-state index in [4.69, 9.17) is 0 Å². The third-order valence-corrected chi connectivity index (χ3v) is 4.48. The first-order valence-electron chi connectivity index (χ1n) is 8.10. The Labute approximate surface area is 134 Å². The number of halogens is 1. The van der Waals surface area contributed by atoms with Crippen LogP contribution in [-0.2, 0) is 4.79 Å². The molecule has 1 aromatic rings. The summed E-state index contributed by atoms with van der Waals surface area (Å²) in [6, 6.07) is 3.55. The van der Waals surface area contributed by atoms with Crippen molar-refractivity contribution in [1.82, 2.24) is 9.80 Å². The molecule has 0 aromatic heterocycles. The molecule has 2 amide bonds. The number of nitrogens with zero attached hydrogens (tertiary/aromatic N) is 2. The van der Waals surface area contributed by atoms with Gasteiger partial charge in [-0.05, 0) is 37.3 Å². The lowest BCUT2D eigenvalue weighted by Crippen LogP contribution is -2.37. The number of hydrogen-bond donors (Lipinski definition) is 1. The Hall–Kier alpha value is -2.11. The molecular formula is C17H21FN2O3. The highest BCUT2D eigenvalue weighted by atomic mass is 19.1. The Morgan fingerprint density at radius 1 is 1.13 bits per heavy atom. The minimum atomic E-state index is -0.721. The highest BCUT2D eigenvalue weighted by Crippen LogP contribution is 2.33. The molecule has 1 aliphatic heterocycles. The molecule has 23 heavy (non-hydrogen) atoms. The van der Waals surface area contributed by atoms with Crippen LogP contribution in [0.2, 0.25) is 0 Å². The Morgan fingerprint density at radius 2 is 1.83 bits per heavy atom. The van der Waals surface area contributed by atoms with Gasteiger partial charge in [-0.15, -0.1) is 0 Å². The molecule has 5 nitrogen and oxygen atoms in total. The van der Waals surface area contributed by atoms with Crippen molar-refractivity contribution >= 4 is 11.8 Å². The lowest BCUT2D eigenvalue weighted by atomic mass is 10.1. The van der Waals surface area contributed by atoms with Gasteiger partial charge in [-0.25, -0.2) is 4.39 Å². The molecule has 0 spiro atoms. The molecule has 2 fully saturated rings. The van der Waals surface area contributed by atoms with E-state index in [-0.39, 0.29) is 23.1 Å². The first-order chi connectivity index (χ1) is 11.0. The zero-order valence-electron chi connectivity index (χ0n) is 13.0. The van der Waals surface area contributed by atoms with Crippen molar-refractivity contribution in [3.05, 3.63) is 29.6 Å². The fourth-order valence-electron chi connectivity index (χ4n) is 2.92. The van der Waals surface area contributed by atoms with E-state index in [2.05, 4.69) is 0 Å². The molecule has 0 bridgehead atoms. The van der Waals surface area contributed by atoms with Crippen LogP contribution in [0.5, 0.6) is 5.75 Å². The predicted molar refractivity (Wildman–Crippen MR) is 82.5 cm³/mol. The molecule has 0 unspecified atom stereocenters. The second kappa shape index (κ2) is 6.56. The van der Waals surface area contributed by atoms with Crippen molar-refractivity contribution in [3.8, 4) is 5.75 Å². The van der Waals surface area contributed by atoms with Crippen molar-refractivity contribution in [2.45, 2.75) is 25.7 Å². The van der Waals surface area contributed by atoms with Crippen LogP contribution in [0.3, 0.4) is 0 Å². The van der Waals surface area contributed by atoms with E-state index >= 15 is 0 Å². The second-order valence-electron chi connectivity index (χ2n) is 6.34. The Kier molecular flexibility index (Phi) is 4.50. The molecule has 1 N–H and O–H groups in total. The fourth-order valence-corrected chi connectivity index (χ4v) is 2.92. The first-order valence-corrected chi connectivity index (χ1v) is 8.10. The zero-order valence-corrected chi connectivity index (χ0v) is 13.0. The number of phenolic OH excluding ortho intramolecular Hbond substituents is 1. The minimum absolute atomic E-state index is 0.0412. The van der Waals surface area contributed by atoms with E-state index in [1.807, 2.05) is 4.90 Å². The Morgan fingerprint density at radius 3 is 2.52 bits per heavy atom. The molecule has 1 heterocycles. The van der Waals surface area contributed by atoms with E-state index in [1.165, 1.54) is 12.1 Å². The molecule has 2 aliphatic rings. The summed E-state index contributed by atoms with van der Waals surface area (Å²) in [5, 5.41) is 9.24.